The first-order chi connectivity index (χ1) is 11.7. The zero-order chi connectivity index (χ0) is 18.4. The predicted molar refractivity (Wildman–Crippen MR) is 83.2 cm³/mol. The molecule has 1 aromatic heterocycles. The second-order valence-corrected chi connectivity index (χ2v) is 4.68. The summed E-state index contributed by atoms with van der Waals surface area (Å²) in [5.41, 5.74) is 3.35. The molecular formula is C14H14F3N5O3. The van der Waals surface area contributed by atoms with Crippen LogP contribution in [0.2, 0.25) is 0 Å². The number of carbonyl (C=O) groups excluding carboxylic acids is 1. The van der Waals surface area contributed by atoms with Crippen LogP contribution in [0.15, 0.2) is 30.3 Å². The lowest BCUT2D eigenvalue weighted by atomic mass is 10.3. The maximum atomic E-state index is 12.1. The number of aromatic nitrogens is 2. The highest BCUT2D eigenvalue weighted by molar-refractivity contribution is 5.98. The van der Waals surface area contributed by atoms with E-state index in [1.807, 2.05) is 0 Å². The molecule has 0 atom stereocenters. The van der Waals surface area contributed by atoms with Gasteiger partial charge < -0.3 is 10.1 Å². The Labute approximate surface area is 140 Å². The number of hydrogen-bond acceptors (Lipinski definition) is 6. The average Bonchev–Trinajstić information content (AvgIpc) is 2.47. The summed E-state index contributed by atoms with van der Waals surface area (Å²) in [5.74, 6) is -0.0243. The van der Waals surface area contributed by atoms with E-state index in [4.69, 9.17) is 4.84 Å². The van der Waals surface area contributed by atoms with Gasteiger partial charge in [-0.25, -0.2) is 15.3 Å². The molecule has 0 fully saturated rings. The molecule has 0 bridgehead atoms. The van der Waals surface area contributed by atoms with Crippen molar-refractivity contribution in [2.75, 3.05) is 23.2 Å². The van der Waals surface area contributed by atoms with Crippen LogP contribution in [0.4, 0.5) is 35.4 Å². The molecule has 25 heavy (non-hydrogen) atoms. The Morgan fingerprint density at radius 1 is 1.12 bits per heavy atom. The van der Waals surface area contributed by atoms with Crippen LogP contribution in [0, 0.1) is 6.92 Å². The van der Waals surface area contributed by atoms with Gasteiger partial charge in [0.05, 0.1) is 7.11 Å². The number of nitrogens with one attached hydrogen (secondary N) is 3. The number of ether oxygens (including phenoxy) is 1. The Bertz CT molecular complexity index is 737. The maximum absolute atomic E-state index is 12.1. The molecule has 1 aromatic carbocycles. The molecule has 2 aromatic rings. The third-order valence-electron chi connectivity index (χ3n) is 2.63. The van der Waals surface area contributed by atoms with Crippen molar-refractivity contribution in [1.29, 1.82) is 0 Å². The van der Waals surface area contributed by atoms with E-state index in [9.17, 15) is 18.0 Å². The summed E-state index contributed by atoms with van der Waals surface area (Å²) >= 11 is 0. The van der Waals surface area contributed by atoms with E-state index in [0.29, 0.717) is 11.5 Å². The molecule has 0 aliphatic heterocycles. The molecule has 0 saturated heterocycles. The summed E-state index contributed by atoms with van der Waals surface area (Å²) in [6, 6.07) is 5.61. The van der Waals surface area contributed by atoms with E-state index >= 15 is 0 Å². The molecule has 0 saturated carbocycles. The fourth-order valence-corrected chi connectivity index (χ4v) is 1.79. The van der Waals surface area contributed by atoms with Crippen molar-refractivity contribution in [3.63, 3.8) is 0 Å². The molecule has 0 unspecified atom stereocenters. The van der Waals surface area contributed by atoms with E-state index in [2.05, 4.69) is 30.8 Å². The minimum Gasteiger partial charge on any atom is -0.406 e. The Morgan fingerprint density at radius 2 is 1.80 bits per heavy atom. The first-order valence-electron chi connectivity index (χ1n) is 6.83. The number of halogens is 3. The SMILES string of the molecule is CONc1cc(C)nc(NC(=O)Nc2ccc(OC(F)(F)F)cc2)n1. The molecule has 2 amide bonds. The summed E-state index contributed by atoms with van der Waals surface area (Å²) in [4.78, 5) is 24.7. The second kappa shape index (κ2) is 7.66. The lowest BCUT2D eigenvalue weighted by Gasteiger charge is -2.11. The zero-order valence-corrected chi connectivity index (χ0v) is 13.1. The first-order valence-corrected chi connectivity index (χ1v) is 6.83. The average molecular weight is 357 g/mol. The quantitative estimate of drug-likeness (QED) is 0.711. The number of urea groups is 1. The third kappa shape index (κ3) is 6.14. The van der Waals surface area contributed by atoms with Gasteiger partial charge in [-0.15, -0.1) is 13.2 Å². The minimum atomic E-state index is -4.78. The highest BCUT2D eigenvalue weighted by atomic mass is 19.4. The fourth-order valence-electron chi connectivity index (χ4n) is 1.79. The summed E-state index contributed by atoms with van der Waals surface area (Å²) in [5, 5.41) is 4.84. The van der Waals surface area contributed by atoms with E-state index < -0.39 is 18.1 Å². The van der Waals surface area contributed by atoms with Gasteiger partial charge in [0, 0.05) is 17.4 Å². The summed E-state index contributed by atoms with van der Waals surface area (Å²) in [6.45, 7) is 1.70. The summed E-state index contributed by atoms with van der Waals surface area (Å²) < 4.78 is 40.0. The number of benzene rings is 1. The van der Waals surface area contributed by atoms with Crippen molar-refractivity contribution in [1.82, 2.24) is 9.97 Å². The molecule has 8 nitrogen and oxygen atoms in total. The third-order valence-corrected chi connectivity index (χ3v) is 2.63. The highest BCUT2D eigenvalue weighted by Gasteiger charge is 2.30. The number of aryl methyl sites for hydroxylation is 1. The lowest BCUT2D eigenvalue weighted by molar-refractivity contribution is -0.274. The van der Waals surface area contributed by atoms with Gasteiger partial charge >= 0.3 is 12.4 Å². The largest absolute Gasteiger partial charge is 0.573 e. The Kier molecular flexibility index (Phi) is 5.60. The molecule has 0 radical (unpaired) electrons. The van der Waals surface area contributed by atoms with E-state index in [1.54, 1.807) is 13.0 Å². The van der Waals surface area contributed by atoms with Gasteiger partial charge in [0.2, 0.25) is 5.95 Å². The molecule has 0 aliphatic rings. The van der Waals surface area contributed by atoms with Crippen molar-refractivity contribution in [3.8, 4) is 5.75 Å². The Hall–Kier alpha value is -3.08. The molecule has 1 heterocycles. The van der Waals surface area contributed by atoms with Gasteiger partial charge in [-0.1, -0.05) is 0 Å². The van der Waals surface area contributed by atoms with Gasteiger partial charge in [-0.3, -0.25) is 10.2 Å². The maximum Gasteiger partial charge on any atom is 0.573 e. The molecule has 134 valence electrons. The standard InChI is InChI=1S/C14H14F3N5O3/c1-8-7-11(22-24-2)20-12(18-8)21-13(23)19-9-3-5-10(6-4-9)25-14(15,16)17/h3-7H,1-2H3,(H3,18,19,20,21,22,23). The number of carbonyl (C=O) groups is 1. The van der Waals surface area contributed by atoms with E-state index in [0.717, 1.165) is 12.1 Å². The first kappa shape index (κ1) is 18.3. The van der Waals surface area contributed by atoms with Crippen LogP contribution in [0.5, 0.6) is 5.75 Å². The van der Waals surface area contributed by atoms with Crippen LogP contribution in [-0.4, -0.2) is 29.5 Å². The normalized spacial score (nSPS) is 10.9. The van der Waals surface area contributed by atoms with Gasteiger partial charge in [0.25, 0.3) is 0 Å². The highest BCUT2D eigenvalue weighted by Crippen LogP contribution is 2.24. The molecule has 3 N–H and O–H groups in total. The predicted octanol–water partition coefficient (Wildman–Crippen LogP) is 3.30. The van der Waals surface area contributed by atoms with Crippen molar-refractivity contribution < 1.29 is 27.5 Å². The Morgan fingerprint density at radius 3 is 2.40 bits per heavy atom. The van der Waals surface area contributed by atoms with E-state index in [1.165, 1.54) is 19.2 Å². The topological polar surface area (TPSA) is 97.4 Å². The monoisotopic (exact) mass is 357 g/mol. The van der Waals surface area contributed by atoms with Crippen LogP contribution in [0.25, 0.3) is 0 Å². The number of alkyl halides is 3. The van der Waals surface area contributed by atoms with Crippen molar-refractivity contribution >= 4 is 23.5 Å². The number of rotatable bonds is 5. The fraction of sp³-hybridized carbons (Fsp3) is 0.214. The minimum absolute atomic E-state index is 0.0223. The second-order valence-electron chi connectivity index (χ2n) is 4.68. The van der Waals surface area contributed by atoms with Crippen molar-refractivity contribution in [3.05, 3.63) is 36.0 Å². The lowest BCUT2D eigenvalue weighted by Crippen LogP contribution is -2.21. The van der Waals surface area contributed by atoms with Crippen LogP contribution < -0.4 is 20.9 Å². The van der Waals surface area contributed by atoms with Crippen LogP contribution in [0.1, 0.15) is 5.69 Å². The number of hydrogen-bond donors (Lipinski definition) is 3. The number of amides is 2. The summed E-state index contributed by atoms with van der Waals surface area (Å²) in [7, 11) is 1.41. The zero-order valence-electron chi connectivity index (χ0n) is 13.1. The van der Waals surface area contributed by atoms with Crippen LogP contribution in [0.3, 0.4) is 0 Å². The van der Waals surface area contributed by atoms with Crippen molar-refractivity contribution in [2.45, 2.75) is 13.3 Å². The number of anilines is 3. The van der Waals surface area contributed by atoms with Gasteiger partial charge in [0.1, 0.15) is 5.75 Å². The van der Waals surface area contributed by atoms with Crippen LogP contribution >= 0.6 is 0 Å². The molecular weight excluding hydrogens is 343 g/mol. The molecule has 2 rings (SSSR count). The summed E-state index contributed by atoms with van der Waals surface area (Å²) in [6.07, 6.45) is -4.78. The van der Waals surface area contributed by atoms with Gasteiger partial charge in [-0.2, -0.15) is 4.98 Å². The molecule has 0 aliphatic carbocycles. The molecule has 0 spiro atoms. The molecule has 11 heteroatoms. The Balaban J connectivity index is 1.98. The van der Waals surface area contributed by atoms with Crippen molar-refractivity contribution in [2.24, 2.45) is 0 Å². The van der Waals surface area contributed by atoms with Gasteiger partial charge in [0.15, 0.2) is 5.82 Å². The number of nitrogens with zero attached hydrogens (tertiary/aromatic N) is 2. The smallest absolute Gasteiger partial charge is 0.406 e. The van der Waals surface area contributed by atoms with Gasteiger partial charge in [-0.05, 0) is 31.2 Å². The van der Waals surface area contributed by atoms with E-state index in [-0.39, 0.29) is 11.6 Å². The van der Waals surface area contributed by atoms with Crippen LogP contribution in [-0.2, 0) is 4.84 Å².